The van der Waals surface area contributed by atoms with E-state index in [2.05, 4.69) is 15.5 Å². The molecule has 4 rings (SSSR count). The van der Waals surface area contributed by atoms with Crippen molar-refractivity contribution in [2.45, 2.75) is 13.0 Å². The summed E-state index contributed by atoms with van der Waals surface area (Å²) in [6.07, 6.45) is 1.47. The molecular formula is C25H30N4O7. The molecule has 0 unspecified atom stereocenters. The Balaban J connectivity index is 1.57. The fourth-order valence-corrected chi connectivity index (χ4v) is 4.36. The molecule has 0 aliphatic carbocycles. The van der Waals surface area contributed by atoms with Crippen LogP contribution in [0.4, 0.5) is 4.79 Å². The van der Waals surface area contributed by atoms with Crippen molar-refractivity contribution >= 4 is 17.9 Å². The second kappa shape index (κ2) is 11.2. The van der Waals surface area contributed by atoms with Gasteiger partial charge in [0.2, 0.25) is 0 Å². The van der Waals surface area contributed by atoms with Gasteiger partial charge in [-0.05, 0) is 36.8 Å². The number of piperazine rings is 1. The molecule has 3 heterocycles. The Hall–Kier alpha value is -3.99. The van der Waals surface area contributed by atoms with E-state index in [0.717, 1.165) is 0 Å². The number of esters is 1. The molecule has 1 saturated heterocycles. The van der Waals surface area contributed by atoms with Crippen LogP contribution in [0.5, 0.6) is 11.5 Å². The zero-order chi connectivity index (χ0) is 25.7. The molecule has 36 heavy (non-hydrogen) atoms. The van der Waals surface area contributed by atoms with E-state index < -0.39 is 18.0 Å². The molecule has 192 valence electrons. The summed E-state index contributed by atoms with van der Waals surface area (Å²) in [5.74, 6) is 0.635. The van der Waals surface area contributed by atoms with E-state index in [1.807, 2.05) is 0 Å². The van der Waals surface area contributed by atoms with Crippen LogP contribution in [0, 0.1) is 0 Å². The number of hydrogen-bond donors (Lipinski definition) is 2. The Labute approximate surface area is 209 Å². The number of ether oxygens (including phenoxy) is 3. The van der Waals surface area contributed by atoms with Crippen LogP contribution < -0.4 is 20.1 Å². The molecule has 3 amide bonds. The lowest BCUT2D eigenvalue weighted by Gasteiger charge is -2.36. The van der Waals surface area contributed by atoms with Gasteiger partial charge in [0.05, 0.1) is 38.7 Å². The highest BCUT2D eigenvalue weighted by Crippen LogP contribution is 2.34. The molecule has 1 aromatic carbocycles. The first-order chi connectivity index (χ1) is 17.4. The molecule has 2 N–H and O–H groups in total. The van der Waals surface area contributed by atoms with E-state index in [9.17, 15) is 14.4 Å². The van der Waals surface area contributed by atoms with Crippen LogP contribution in [0.1, 0.15) is 29.1 Å². The van der Waals surface area contributed by atoms with E-state index in [-0.39, 0.29) is 12.5 Å². The van der Waals surface area contributed by atoms with Crippen molar-refractivity contribution in [2.75, 3.05) is 53.6 Å². The first-order valence-corrected chi connectivity index (χ1v) is 11.7. The van der Waals surface area contributed by atoms with Gasteiger partial charge in [0.1, 0.15) is 0 Å². The van der Waals surface area contributed by atoms with Gasteiger partial charge in [0.25, 0.3) is 5.91 Å². The molecule has 0 bridgehead atoms. The predicted molar refractivity (Wildman–Crippen MR) is 129 cm³/mol. The minimum Gasteiger partial charge on any atom is -0.493 e. The van der Waals surface area contributed by atoms with E-state index in [1.54, 1.807) is 42.2 Å². The monoisotopic (exact) mass is 498 g/mol. The Bertz CT molecular complexity index is 1140. The SMILES string of the molecule is CCOC(=O)C1=C(CN2CCN(C(=O)c3ccco3)CC2)NC(=O)N[C@@H]1c1ccc(OC)c(OC)c1. The first-order valence-electron chi connectivity index (χ1n) is 11.7. The third-order valence-corrected chi connectivity index (χ3v) is 6.16. The Kier molecular flexibility index (Phi) is 7.79. The van der Waals surface area contributed by atoms with Crippen molar-refractivity contribution in [1.29, 1.82) is 0 Å². The molecule has 2 aliphatic heterocycles. The smallest absolute Gasteiger partial charge is 0.338 e. The van der Waals surface area contributed by atoms with Gasteiger partial charge in [0.15, 0.2) is 17.3 Å². The number of carbonyl (C=O) groups excluding carboxylic acids is 3. The third-order valence-electron chi connectivity index (χ3n) is 6.16. The highest BCUT2D eigenvalue weighted by atomic mass is 16.5. The number of urea groups is 1. The van der Waals surface area contributed by atoms with Crippen molar-refractivity contribution in [1.82, 2.24) is 20.4 Å². The van der Waals surface area contributed by atoms with Crippen LogP contribution in [0.25, 0.3) is 0 Å². The van der Waals surface area contributed by atoms with Gasteiger partial charge in [-0.1, -0.05) is 6.07 Å². The van der Waals surface area contributed by atoms with Crippen LogP contribution in [-0.2, 0) is 9.53 Å². The number of benzene rings is 1. The molecule has 11 nitrogen and oxygen atoms in total. The number of carbonyl (C=O) groups is 3. The van der Waals surface area contributed by atoms with Gasteiger partial charge in [0, 0.05) is 38.4 Å². The normalized spacial score (nSPS) is 18.4. The highest BCUT2D eigenvalue weighted by molar-refractivity contribution is 5.95. The van der Waals surface area contributed by atoms with Gasteiger partial charge >= 0.3 is 12.0 Å². The van der Waals surface area contributed by atoms with Gasteiger partial charge in [-0.15, -0.1) is 0 Å². The molecule has 2 aliphatic rings. The molecule has 1 aromatic heterocycles. The molecular weight excluding hydrogens is 468 g/mol. The van der Waals surface area contributed by atoms with Gasteiger partial charge in [-0.2, -0.15) is 0 Å². The second-order valence-corrected chi connectivity index (χ2v) is 8.30. The molecule has 0 saturated carbocycles. The molecule has 11 heteroatoms. The summed E-state index contributed by atoms with van der Waals surface area (Å²) in [4.78, 5) is 42.1. The summed E-state index contributed by atoms with van der Waals surface area (Å²) in [6.45, 7) is 4.35. The summed E-state index contributed by atoms with van der Waals surface area (Å²) < 4.78 is 21.3. The second-order valence-electron chi connectivity index (χ2n) is 8.30. The summed E-state index contributed by atoms with van der Waals surface area (Å²) in [6, 6.07) is 7.38. The maximum atomic E-state index is 13.1. The van der Waals surface area contributed by atoms with E-state index in [1.165, 1.54) is 20.5 Å². The van der Waals surface area contributed by atoms with Crippen LogP contribution in [0.2, 0.25) is 0 Å². The van der Waals surface area contributed by atoms with Crippen LogP contribution in [0.3, 0.4) is 0 Å². The third kappa shape index (κ3) is 5.30. The lowest BCUT2D eigenvalue weighted by molar-refractivity contribution is -0.139. The van der Waals surface area contributed by atoms with Crippen LogP contribution >= 0.6 is 0 Å². The lowest BCUT2D eigenvalue weighted by Crippen LogP contribution is -2.52. The Morgan fingerprint density at radius 3 is 2.47 bits per heavy atom. The first kappa shape index (κ1) is 25.1. The van der Waals surface area contributed by atoms with Crippen molar-refractivity contribution in [2.24, 2.45) is 0 Å². The minimum absolute atomic E-state index is 0.158. The van der Waals surface area contributed by atoms with Gasteiger partial charge in [-0.3, -0.25) is 9.69 Å². The maximum Gasteiger partial charge on any atom is 0.338 e. The van der Waals surface area contributed by atoms with Crippen molar-refractivity contribution in [3.63, 3.8) is 0 Å². The largest absolute Gasteiger partial charge is 0.493 e. The Morgan fingerprint density at radius 2 is 1.83 bits per heavy atom. The number of rotatable bonds is 8. The average Bonchev–Trinajstić information content (AvgIpc) is 3.43. The minimum atomic E-state index is -0.741. The predicted octanol–water partition coefficient (Wildman–Crippen LogP) is 1.93. The molecule has 1 atom stereocenters. The van der Waals surface area contributed by atoms with Crippen molar-refractivity contribution in [3.8, 4) is 11.5 Å². The number of furan rings is 1. The average molecular weight is 499 g/mol. The highest BCUT2D eigenvalue weighted by Gasteiger charge is 2.35. The summed E-state index contributed by atoms with van der Waals surface area (Å²) in [7, 11) is 3.06. The number of nitrogens with zero attached hydrogens (tertiary/aromatic N) is 2. The standard InChI is InChI=1S/C25H30N4O7/c1-4-35-24(31)21-17(15-28-9-11-29(12-10-28)23(30)19-6-5-13-36-19)26-25(32)27-22(21)16-7-8-18(33-2)20(14-16)34-3/h5-8,13-14,22H,4,9-12,15H2,1-3H3,(H2,26,27,32)/t22-/m1/s1. The summed E-state index contributed by atoms with van der Waals surface area (Å²) in [5.41, 5.74) is 1.43. The quantitative estimate of drug-likeness (QED) is 0.530. The van der Waals surface area contributed by atoms with Crippen molar-refractivity contribution in [3.05, 3.63) is 59.2 Å². The maximum absolute atomic E-state index is 13.1. The lowest BCUT2D eigenvalue weighted by atomic mass is 9.94. The van der Waals surface area contributed by atoms with E-state index in [0.29, 0.717) is 66.8 Å². The number of hydrogen-bond acceptors (Lipinski definition) is 8. The summed E-state index contributed by atoms with van der Waals surface area (Å²) in [5, 5.41) is 5.62. The number of methoxy groups -OCH3 is 2. The van der Waals surface area contributed by atoms with Crippen LogP contribution in [-0.4, -0.2) is 81.3 Å². The topological polar surface area (TPSA) is 123 Å². The zero-order valence-corrected chi connectivity index (χ0v) is 20.5. The number of amides is 3. The van der Waals surface area contributed by atoms with E-state index >= 15 is 0 Å². The number of nitrogens with one attached hydrogen (secondary N) is 2. The van der Waals surface area contributed by atoms with E-state index in [4.69, 9.17) is 18.6 Å². The Morgan fingerprint density at radius 1 is 1.08 bits per heavy atom. The van der Waals surface area contributed by atoms with Gasteiger partial charge in [-0.25, -0.2) is 9.59 Å². The fourth-order valence-electron chi connectivity index (χ4n) is 4.36. The van der Waals surface area contributed by atoms with Gasteiger partial charge < -0.3 is 34.2 Å². The summed E-state index contributed by atoms with van der Waals surface area (Å²) >= 11 is 0. The molecule has 1 fully saturated rings. The van der Waals surface area contributed by atoms with Crippen molar-refractivity contribution < 1.29 is 33.0 Å². The molecule has 2 aromatic rings. The zero-order valence-electron chi connectivity index (χ0n) is 20.5. The molecule has 0 spiro atoms. The fraction of sp³-hybridized carbons (Fsp3) is 0.400. The van der Waals surface area contributed by atoms with Crippen LogP contribution in [0.15, 0.2) is 52.3 Å². The molecule has 0 radical (unpaired) electrons.